The number of fused-ring (bicyclic) bond motifs is 2. The highest BCUT2D eigenvalue weighted by molar-refractivity contribution is 5.83. The van der Waals surface area contributed by atoms with Crippen molar-refractivity contribution in [1.29, 1.82) is 0 Å². The molecule has 0 spiro atoms. The van der Waals surface area contributed by atoms with Gasteiger partial charge in [0.05, 0.1) is 18.6 Å². The van der Waals surface area contributed by atoms with Gasteiger partial charge in [-0.3, -0.25) is 4.79 Å². The monoisotopic (exact) mass is 384 g/mol. The fraction of sp³-hybridized carbons (Fsp3) is 0.545. The molecule has 0 radical (unpaired) electrons. The van der Waals surface area contributed by atoms with Gasteiger partial charge >= 0.3 is 0 Å². The number of nitrogens with one attached hydrogen (secondary N) is 1. The van der Waals surface area contributed by atoms with Crippen LogP contribution in [-0.2, 0) is 16.1 Å². The topological polar surface area (TPSA) is 64.4 Å². The molecule has 2 saturated carbocycles. The van der Waals surface area contributed by atoms with Crippen LogP contribution in [0, 0.1) is 11.7 Å². The molecule has 3 fully saturated rings. The Morgan fingerprint density at radius 2 is 2.14 bits per heavy atom. The minimum atomic E-state index is -0.289. The second-order valence-corrected chi connectivity index (χ2v) is 8.64. The van der Waals surface area contributed by atoms with Crippen LogP contribution >= 0.6 is 0 Å². The first-order valence-electron chi connectivity index (χ1n) is 10.2. The number of halogens is 1. The van der Waals surface area contributed by atoms with Gasteiger partial charge in [0, 0.05) is 23.1 Å². The number of benzene rings is 1. The zero-order valence-electron chi connectivity index (χ0n) is 16.2. The molecule has 6 heteroatoms. The van der Waals surface area contributed by atoms with E-state index in [4.69, 9.17) is 9.26 Å². The van der Waals surface area contributed by atoms with E-state index in [0.29, 0.717) is 23.8 Å². The van der Waals surface area contributed by atoms with Crippen molar-refractivity contribution in [2.75, 3.05) is 0 Å². The van der Waals surface area contributed by atoms with Gasteiger partial charge in [0.1, 0.15) is 17.3 Å². The molecule has 1 aliphatic heterocycles. The number of carbonyl (C=O) groups excluding carboxylic acids is 1. The summed E-state index contributed by atoms with van der Waals surface area (Å²) in [5, 5.41) is 7.27. The minimum Gasteiger partial charge on any atom is -0.372 e. The molecule has 5 rings (SSSR count). The van der Waals surface area contributed by atoms with E-state index < -0.39 is 0 Å². The van der Waals surface area contributed by atoms with Gasteiger partial charge < -0.3 is 14.6 Å². The summed E-state index contributed by atoms with van der Waals surface area (Å²) in [7, 11) is 0. The van der Waals surface area contributed by atoms with Crippen molar-refractivity contribution in [2.24, 2.45) is 5.92 Å². The summed E-state index contributed by atoms with van der Waals surface area (Å²) in [5.74, 6) is 1.05. The van der Waals surface area contributed by atoms with Gasteiger partial charge in [0.15, 0.2) is 0 Å². The van der Waals surface area contributed by atoms with Crippen molar-refractivity contribution >= 4 is 5.91 Å². The number of hydrogen-bond acceptors (Lipinski definition) is 4. The third-order valence-corrected chi connectivity index (χ3v) is 6.30. The first kappa shape index (κ1) is 17.9. The molecule has 0 unspecified atom stereocenters. The lowest BCUT2D eigenvalue weighted by Crippen LogP contribution is -2.39. The molecular formula is C22H25FN2O3. The van der Waals surface area contributed by atoms with Gasteiger partial charge in [0.2, 0.25) is 5.91 Å². The third kappa shape index (κ3) is 2.94. The molecule has 3 aliphatic rings. The highest BCUT2D eigenvalue weighted by Gasteiger charge is 2.46. The molecule has 1 aromatic heterocycles. The Morgan fingerprint density at radius 3 is 2.82 bits per heavy atom. The largest absolute Gasteiger partial charge is 0.372 e. The maximum atomic E-state index is 14.8. The molecule has 1 saturated heterocycles. The van der Waals surface area contributed by atoms with Crippen LogP contribution in [0.3, 0.4) is 0 Å². The fourth-order valence-corrected chi connectivity index (χ4v) is 4.67. The average molecular weight is 384 g/mol. The predicted octanol–water partition coefficient (Wildman–Crippen LogP) is 4.28. The van der Waals surface area contributed by atoms with Crippen LogP contribution < -0.4 is 5.32 Å². The number of carbonyl (C=O) groups is 1. The summed E-state index contributed by atoms with van der Waals surface area (Å²) >= 11 is 0. The van der Waals surface area contributed by atoms with Crippen LogP contribution in [0.15, 0.2) is 22.7 Å². The first-order valence-corrected chi connectivity index (χ1v) is 10.2. The summed E-state index contributed by atoms with van der Waals surface area (Å²) in [5.41, 5.74) is 2.82. The summed E-state index contributed by atoms with van der Waals surface area (Å²) in [6.07, 6.45) is 3.73. The van der Waals surface area contributed by atoms with Crippen LogP contribution in [0.2, 0.25) is 0 Å². The van der Waals surface area contributed by atoms with Crippen LogP contribution in [0.4, 0.5) is 4.39 Å². The van der Waals surface area contributed by atoms with E-state index in [2.05, 4.69) is 10.5 Å². The number of hydrogen-bond donors (Lipinski definition) is 1. The van der Waals surface area contributed by atoms with Crippen molar-refractivity contribution in [3.8, 4) is 11.3 Å². The summed E-state index contributed by atoms with van der Waals surface area (Å²) in [6.45, 7) is 4.39. The van der Waals surface area contributed by atoms with E-state index in [-0.39, 0.29) is 35.7 Å². The summed E-state index contributed by atoms with van der Waals surface area (Å²) < 4.78 is 26.7. The van der Waals surface area contributed by atoms with Crippen molar-refractivity contribution in [3.63, 3.8) is 0 Å². The van der Waals surface area contributed by atoms with Crippen molar-refractivity contribution in [2.45, 2.75) is 70.1 Å². The summed E-state index contributed by atoms with van der Waals surface area (Å²) in [4.78, 5) is 12.0. The van der Waals surface area contributed by atoms with Crippen LogP contribution in [-0.4, -0.2) is 23.2 Å². The Labute approximate surface area is 163 Å². The molecule has 2 aliphatic carbocycles. The Morgan fingerprint density at radius 1 is 1.32 bits per heavy atom. The fourth-order valence-electron chi connectivity index (χ4n) is 4.67. The number of rotatable bonds is 6. The van der Waals surface area contributed by atoms with Gasteiger partial charge in [-0.05, 0) is 43.2 Å². The Kier molecular flexibility index (Phi) is 4.27. The highest BCUT2D eigenvalue weighted by atomic mass is 19.1. The smallest absolute Gasteiger partial charge is 0.226 e. The minimum absolute atomic E-state index is 0.0719. The second kappa shape index (κ2) is 6.69. The SMILES string of the molecule is CC(C)c1cccc(F)c1-c1noc(C2CC2)c1CO[C@@H]1C[C@@H]2C[C@H]1C(=O)N2. The lowest BCUT2D eigenvalue weighted by Gasteiger charge is -2.22. The summed E-state index contributed by atoms with van der Waals surface area (Å²) in [6, 6.07) is 5.38. The molecule has 1 amide bonds. The molecule has 1 N–H and O–H groups in total. The normalized spacial score (nSPS) is 26.3. The van der Waals surface area contributed by atoms with E-state index in [0.717, 1.165) is 42.6 Å². The standard InChI is InChI=1S/C22H25FN2O3/c1-11(2)14-4-3-5-17(23)19(14)20-16(21(28-25-20)12-6-7-12)10-27-18-9-13-8-15(18)22(26)24-13/h3-5,11-13,15,18H,6-10H2,1-2H3,(H,24,26)/t13-,15+,18+/m0/s1. The lowest BCUT2D eigenvalue weighted by molar-refractivity contribution is -0.129. The van der Waals surface area contributed by atoms with E-state index in [1.54, 1.807) is 6.07 Å². The van der Waals surface area contributed by atoms with Gasteiger partial charge in [-0.1, -0.05) is 31.1 Å². The van der Waals surface area contributed by atoms with Crippen molar-refractivity contribution in [1.82, 2.24) is 10.5 Å². The van der Waals surface area contributed by atoms with E-state index in [1.165, 1.54) is 6.07 Å². The average Bonchev–Trinajstić information content (AvgIpc) is 3.14. The molecule has 148 valence electrons. The molecule has 28 heavy (non-hydrogen) atoms. The molecule has 2 aromatic rings. The van der Waals surface area contributed by atoms with Crippen LogP contribution in [0.25, 0.3) is 11.3 Å². The maximum Gasteiger partial charge on any atom is 0.226 e. The van der Waals surface area contributed by atoms with E-state index >= 15 is 0 Å². The van der Waals surface area contributed by atoms with E-state index in [1.807, 2.05) is 19.9 Å². The van der Waals surface area contributed by atoms with Gasteiger partial charge in [-0.15, -0.1) is 0 Å². The molecule has 2 bridgehead atoms. The quantitative estimate of drug-likeness (QED) is 0.808. The highest BCUT2D eigenvalue weighted by Crippen LogP contribution is 2.46. The van der Waals surface area contributed by atoms with Crippen LogP contribution in [0.1, 0.15) is 68.3 Å². The Bertz CT molecular complexity index is 919. The number of amides is 1. The molecule has 5 nitrogen and oxygen atoms in total. The molecule has 1 aromatic carbocycles. The van der Waals surface area contributed by atoms with Gasteiger partial charge in [0.25, 0.3) is 0 Å². The number of aromatic nitrogens is 1. The number of ether oxygens (including phenoxy) is 1. The Hall–Kier alpha value is -2.21. The number of piperidine rings is 1. The van der Waals surface area contributed by atoms with Crippen LogP contribution in [0.5, 0.6) is 0 Å². The van der Waals surface area contributed by atoms with Crippen molar-refractivity contribution < 1.29 is 18.4 Å². The first-order chi connectivity index (χ1) is 13.5. The lowest BCUT2D eigenvalue weighted by atomic mass is 9.92. The zero-order valence-corrected chi connectivity index (χ0v) is 16.2. The molecular weight excluding hydrogens is 359 g/mol. The van der Waals surface area contributed by atoms with Crippen molar-refractivity contribution in [3.05, 3.63) is 40.9 Å². The number of nitrogens with zero attached hydrogens (tertiary/aromatic N) is 1. The van der Waals surface area contributed by atoms with Gasteiger partial charge in [-0.25, -0.2) is 4.39 Å². The predicted molar refractivity (Wildman–Crippen MR) is 101 cm³/mol. The maximum absolute atomic E-state index is 14.8. The molecule has 2 heterocycles. The Balaban J connectivity index is 1.48. The third-order valence-electron chi connectivity index (χ3n) is 6.30. The molecule has 3 atom stereocenters. The van der Waals surface area contributed by atoms with E-state index in [9.17, 15) is 9.18 Å². The zero-order chi connectivity index (χ0) is 19.4. The second-order valence-electron chi connectivity index (χ2n) is 8.64. The van der Waals surface area contributed by atoms with Gasteiger partial charge in [-0.2, -0.15) is 0 Å².